The average Bonchev–Trinajstić information content (AvgIpc) is 2.83. The van der Waals surface area contributed by atoms with Crippen LogP contribution < -0.4 is 11.3 Å². The summed E-state index contributed by atoms with van der Waals surface area (Å²) in [6.07, 6.45) is 0.632. The molecule has 2 N–H and O–H groups in total. The predicted molar refractivity (Wildman–Crippen MR) is 75.0 cm³/mol. The van der Waals surface area contributed by atoms with Gasteiger partial charge in [0.15, 0.2) is 6.29 Å². The van der Waals surface area contributed by atoms with E-state index in [2.05, 4.69) is 5.10 Å². The second-order valence-corrected chi connectivity index (χ2v) is 4.86. The SMILES string of the molecule is Nc1scc2c(C=O)nn(-c3ccccc3)c(=O)c12. The minimum absolute atomic E-state index is 0.214. The topological polar surface area (TPSA) is 78.0 Å². The molecule has 0 fully saturated rings. The predicted octanol–water partition coefficient (Wildman–Crippen LogP) is 1.84. The van der Waals surface area contributed by atoms with E-state index in [0.717, 1.165) is 0 Å². The Morgan fingerprint density at radius 2 is 2.00 bits per heavy atom. The molecule has 0 bridgehead atoms. The molecule has 2 heterocycles. The Balaban J connectivity index is 2.44. The molecule has 5 nitrogen and oxygen atoms in total. The van der Waals surface area contributed by atoms with Crippen molar-refractivity contribution in [2.24, 2.45) is 0 Å². The van der Waals surface area contributed by atoms with Crippen LogP contribution in [0.4, 0.5) is 5.00 Å². The van der Waals surface area contributed by atoms with Gasteiger partial charge in [-0.3, -0.25) is 9.59 Å². The second-order valence-electron chi connectivity index (χ2n) is 3.94. The number of carbonyl (C=O) groups is 1. The summed E-state index contributed by atoms with van der Waals surface area (Å²) in [7, 11) is 0. The number of rotatable bonds is 2. The zero-order valence-corrected chi connectivity index (χ0v) is 10.6. The Morgan fingerprint density at radius 3 is 2.68 bits per heavy atom. The van der Waals surface area contributed by atoms with E-state index in [1.807, 2.05) is 6.07 Å². The van der Waals surface area contributed by atoms with Crippen LogP contribution >= 0.6 is 11.3 Å². The average molecular weight is 271 g/mol. The number of nitrogen functional groups attached to an aromatic ring is 1. The highest BCUT2D eigenvalue weighted by Gasteiger charge is 2.15. The van der Waals surface area contributed by atoms with E-state index in [9.17, 15) is 9.59 Å². The van der Waals surface area contributed by atoms with Crippen molar-refractivity contribution in [1.29, 1.82) is 0 Å². The van der Waals surface area contributed by atoms with E-state index in [1.165, 1.54) is 16.0 Å². The van der Waals surface area contributed by atoms with Gasteiger partial charge in [-0.05, 0) is 12.1 Å². The van der Waals surface area contributed by atoms with Crippen LogP contribution in [0.15, 0.2) is 40.5 Å². The number of aldehydes is 1. The van der Waals surface area contributed by atoms with E-state index < -0.39 is 0 Å². The molecule has 0 saturated heterocycles. The Morgan fingerprint density at radius 1 is 1.26 bits per heavy atom. The number of benzene rings is 1. The standard InChI is InChI=1S/C13H9N3O2S/c14-12-11-9(7-19-12)10(6-17)15-16(13(11)18)8-4-2-1-3-5-8/h1-7H,14H2. The lowest BCUT2D eigenvalue weighted by Crippen LogP contribution is -2.22. The number of aromatic nitrogens is 2. The number of fused-ring (bicyclic) bond motifs is 1. The summed E-state index contributed by atoms with van der Waals surface area (Å²) in [6.45, 7) is 0. The van der Waals surface area contributed by atoms with Gasteiger partial charge in [-0.2, -0.15) is 9.78 Å². The molecule has 0 aliphatic heterocycles. The first-order chi connectivity index (χ1) is 9.22. The third kappa shape index (κ3) is 1.73. The fraction of sp³-hybridized carbons (Fsp3) is 0. The molecule has 0 unspecified atom stereocenters. The van der Waals surface area contributed by atoms with Crippen molar-refractivity contribution in [1.82, 2.24) is 9.78 Å². The fourth-order valence-corrected chi connectivity index (χ4v) is 2.72. The van der Waals surface area contributed by atoms with Gasteiger partial charge in [-0.15, -0.1) is 11.3 Å². The van der Waals surface area contributed by atoms with Gasteiger partial charge in [-0.1, -0.05) is 18.2 Å². The number of hydrogen-bond acceptors (Lipinski definition) is 5. The molecule has 0 aliphatic rings. The van der Waals surface area contributed by atoms with Crippen molar-refractivity contribution in [3.8, 4) is 5.69 Å². The molecular weight excluding hydrogens is 262 g/mol. The Labute approximate surface area is 111 Å². The summed E-state index contributed by atoms with van der Waals surface area (Å²) < 4.78 is 1.20. The molecule has 0 spiro atoms. The van der Waals surface area contributed by atoms with Gasteiger partial charge in [0.2, 0.25) is 0 Å². The number of carbonyl (C=O) groups excluding carboxylic acids is 1. The number of nitrogens with zero attached hydrogens (tertiary/aromatic N) is 2. The van der Waals surface area contributed by atoms with Gasteiger partial charge >= 0.3 is 0 Å². The zero-order valence-electron chi connectivity index (χ0n) is 9.74. The number of hydrogen-bond donors (Lipinski definition) is 1. The maximum atomic E-state index is 12.4. The van der Waals surface area contributed by atoms with Crippen molar-refractivity contribution in [2.45, 2.75) is 0 Å². The smallest absolute Gasteiger partial charge is 0.282 e. The lowest BCUT2D eigenvalue weighted by molar-refractivity contribution is 0.111. The molecule has 0 radical (unpaired) electrons. The molecule has 3 aromatic rings. The molecule has 0 aliphatic carbocycles. The van der Waals surface area contributed by atoms with Crippen LogP contribution in [0.2, 0.25) is 0 Å². The number of nitrogens with two attached hydrogens (primary N) is 1. The molecule has 1 aromatic carbocycles. The van der Waals surface area contributed by atoms with Crippen molar-refractivity contribution in [3.05, 3.63) is 51.8 Å². The quantitative estimate of drug-likeness (QED) is 0.721. The highest BCUT2D eigenvalue weighted by molar-refractivity contribution is 7.15. The van der Waals surface area contributed by atoms with Gasteiger partial charge in [0, 0.05) is 10.8 Å². The molecule has 19 heavy (non-hydrogen) atoms. The van der Waals surface area contributed by atoms with Crippen LogP contribution in [-0.4, -0.2) is 16.1 Å². The van der Waals surface area contributed by atoms with Crippen LogP contribution in [0.5, 0.6) is 0 Å². The summed E-state index contributed by atoms with van der Waals surface area (Å²) in [6, 6.07) is 8.93. The van der Waals surface area contributed by atoms with E-state index in [0.29, 0.717) is 27.7 Å². The van der Waals surface area contributed by atoms with Crippen LogP contribution in [0.25, 0.3) is 16.5 Å². The first-order valence-electron chi connectivity index (χ1n) is 5.53. The highest BCUT2D eigenvalue weighted by Crippen LogP contribution is 2.26. The van der Waals surface area contributed by atoms with E-state index in [4.69, 9.17) is 5.73 Å². The van der Waals surface area contributed by atoms with Gasteiger partial charge in [-0.25, -0.2) is 0 Å². The molecule has 2 aromatic heterocycles. The van der Waals surface area contributed by atoms with Crippen LogP contribution in [-0.2, 0) is 0 Å². The summed E-state index contributed by atoms with van der Waals surface area (Å²) >= 11 is 1.23. The summed E-state index contributed by atoms with van der Waals surface area (Å²) in [4.78, 5) is 23.5. The van der Waals surface area contributed by atoms with Crippen molar-refractivity contribution in [2.75, 3.05) is 5.73 Å². The van der Waals surface area contributed by atoms with Gasteiger partial charge in [0.25, 0.3) is 5.56 Å². The third-order valence-corrected chi connectivity index (χ3v) is 3.63. The number of anilines is 1. The van der Waals surface area contributed by atoms with Gasteiger partial charge < -0.3 is 5.73 Å². The molecule has 3 rings (SSSR count). The van der Waals surface area contributed by atoms with E-state index in [1.54, 1.807) is 29.6 Å². The Hall–Kier alpha value is -2.47. The minimum Gasteiger partial charge on any atom is -0.390 e. The normalized spacial score (nSPS) is 10.7. The fourth-order valence-electron chi connectivity index (χ4n) is 1.93. The molecule has 6 heteroatoms. The molecule has 0 saturated carbocycles. The van der Waals surface area contributed by atoms with Crippen molar-refractivity contribution >= 4 is 33.4 Å². The van der Waals surface area contributed by atoms with Crippen molar-refractivity contribution in [3.63, 3.8) is 0 Å². The maximum Gasteiger partial charge on any atom is 0.282 e. The zero-order chi connectivity index (χ0) is 13.4. The lowest BCUT2D eigenvalue weighted by Gasteiger charge is -2.06. The summed E-state index contributed by atoms with van der Waals surface area (Å²) in [5.41, 5.74) is 6.31. The van der Waals surface area contributed by atoms with E-state index >= 15 is 0 Å². The monoisotopic (exact) mass is 271 g/mol. The third-order valence-electron chi connectivity index (χ3n) is 2.82. The molecule has 0 amide bonds. The number of thiophene rings is 1. The number of para-hydroxylation sites is 1. The molecule has 0 atom stereocenters. The maximum absolute atomic E-state index is 12.4. The first-order valence-corrected chi connectivity index (χ1v) is 6.41. The highest BCUT2D eigenvalue weighted by atomic mass is 32.1. The van der Waals surface area contributed by atoms with Crippen LogP contribution in [0.1, 0.15) is 10.5 Å². The Bertz CT molecular complexity index is 821. The largest absolute Gasteiger partial charge is 0.390 e. The summed E-state index contributed by atoms with van der Waals surface area (Å²) in [5.74, 6) is 0. The van der Waals surface area contributed by atoms with Gasteiger partial charge in [0.05, 0.1) is 16.1 Å². The summed E-state index contributed by atoms with van der Waals surface area (Å²) in [5, 5.41) is 7.03. The first kappa shape index (κ1) is 11.6. The van der Waals surface area contributed by atoms with Crippen LogP contribution in [0.3, 0.4) is 0 Å². The second kappa shape index (κ2) is 4.33. The van der Waals surface area contributed by atoms with Crippen molar-refractivity contribution < 1.29 is 4.79 Å². The lowest BCUT2D eigenvalue weighted by atomic mass is 10.2. The van der Waals surface area contributed by atoms with Gasteiger partial charge in [0.1, 0.15) is 5.69 Å². The van der Waals surface area contributed by atoms with E-state index in [-0.39, 0.29) is 11.3 Å². The Kier molecular flexibility index (Phi) is 2.64. The molecule has 94 valence electrons. The van der Waals surface area contributed by atoms with Crippen LogP contribution in [0, 0.1) is 0 Å². The molecular formula is C13H9N3O2S. The minimum atomic E-state index is -0.314.